The number of rotatable bonds is 11. The molecule has 2 saturated heterocycles. The standard InChI is InChI=1S/C30H37NO11/c1-31-19-14-18(41-25(32)9-8-16-10-21(35-2)28(39-6)22(11-16)36-3)15-20(31)27(26(19)33)42-30(34)17-12-23(37-4)29(40-7)24(13-17)38-5/h8-13,18-20,26-27,33H,14-15H2,1-7H3/t18-,19-,20+,26+,27+/m1/s1. The zero-order valence-electron chi connectivity index (χ0n) is 24.7. The van der Waals surface area contributed by atoms with Crippen molar-refractivity contribution in [3.05, 3.63) is 41.5 Å². The van der Waals surface area contributed by atoms with E-state index in [1.807, 2.05) is 11.9 Å². The minimum atomic E-state index is -0.968. The Labute approximate surface area is 244 Å². The highest BCUT2D eigenvalue weighted by Gasteiger charge is 2.54. The molecule has 1 N–H and O–H groups in total. The predicted molar refractivity (Wildman–Crippen MR) is 151 cm³/mol. The lowest BCUT2D eigenvalue weighted by Gasteiger charge is -2.35. The van der Waals surface area contributed by atoms with Crippen molar-refractivity contribution in [3.8, 4) is 34.5 Å². The molecule has 228 valence electrons. The van der Waals surface area contributed by atoms with Gasteiger partial charge in [0.2, 0.25) is 11.5 Å². The summed E-state index contributed by atoms with van der Waals surface area (Å²) in [4.78, 5) is 27.9. The van der Waals surface area contributed by atoms with Crippen LogP contribution in [0.3, 0.4) is 0 Å². The Morgan fingerprint density at radius 3 is 1.76 bits per heavy atom. The summed E-state index contributed by atoms with van der Waals surface area (Å²) in [5.41, 5.74) is 0.833. The zero-order chi connectivity index (χ0) is 30.6. The van der Waals surface area contributed by atoms with Gasteiger partial charge in [-0.15, -0.1) is 0 Å². The quantitative estimate of drug-likeness (QED) is 0.306. The summed E-state index contributed by atoms with van der Waals surface area (Å²) in [5.74, 6) is 1.11. The first kappa shape index (κ1) is 30.8. The minimum Gasteiger partial charge on any atom is -0.493 e. The van der Waals surface area contributed by atoms with E-state index in [9.17, 15) is 14.7 Å². The molecule has 0 unspecified atom stereocenters. The van der Waals surface area contributed by atoms with Crippen molar-refractivity contribution >= 4 is 18.0 Å². The third kappa shape index (κ3) is 6.04. The monoisotopic (exact) mass is 587 g/mol. The van der Waals surface area contributed by atoms with Crippen LogP contribution in [0.2, 0.25) is 0 Å². The van der Waals surface area contributed by atoms with Crippen molar-refractivity contribution < 1.29 is 52.6 Å². The minimum absolute atomic E-state index is 0.181. The van der Waals surface area contributed by atoms with Crippen LogP contribution in [0.4, 0.5) is 0 Å². The number of nitrogens with zero attached hydrogens (tertiary/aromatic N) is 1. The molecule has 4 rings (SSSR count). The normalized spacial score (nSPS) is 23.3. The molecular weight excluding hydrogens is 550 g/mol. The van der Waals surface area contributed by atoms with Gasteiger partial charge in [-0.05, 0) is 43.0 Å². The fraction of sp³-hybridized carbons (Fsp3) is 0.467. The molecule has 2 bridgehead atoms. The van der Waals surface area contributed by atoms with Crippen LogP contribution in [-0.4, -0.2) is 102 Å². The number of esters is 2. The maximum Gasteiger partial charge on any atom is 0.338 e. The van der Waals surface area contributed by atoms with E-state index in [0.717, 1.165) is 0 Å². The van der Waals surface area contributed by atoms with E-state index in [0.29, 0.717) is 52.9 Å². The average Bonchev–Trinajstić information content (AvgIpc) is 3.12. The van der Waals surface area contributed by atoms with E-state index in [-0.39, 0.29) is 17.6 Å². The lowest BCUT2D eigenvalue weighted by atomic mass is 10.00. The number of carbonyl (C=O) groups is 2. The Kier molecular flexibility index (Phi) is 9.69. The van der Waals surface area contributed by atoms with Crippen LogP contribution in [0.1, 0.15) is 28.8 Å². The number of fused-ring (bicyclic) bond motifs is 2. The lowest BCUT2D eigenvalue weighted by Crippen LogP contribution is -2.46. The van der Waals surface area contributed by atoms with E-state index >= 15 is 0 Å². The predicted octanol–water partition coefficient (Wildman–Crippen LogP) is 2.73. The molecule has 0 radical (unpaired) electrons. The van der Waals surface area contributed by atoms with Crippen LogP contribution in [0.15, 0.2) is 30.3 Å². The average molecular weight is 588 g/mol. The summed E-state index contributed by atoms with van der Waals surface area (Å²) in [6.07, 6.45) is 1.39. The SMILES string of the molecule is COc1cc(C=CC(=O)O[C@@H]2C[C@@H]3[C@H](O)[C@@H](OC(=O)c4cc(OC)c(OC)c(OC)c4)[C@H](C2)N3C)cc(OC)c1OC. The Morgan fingerprint density at radius 2 is 1.26 bits per heavy atom. The number of ether oxygens (including phenoxy) is 8. The third-order valence-electron chi connectivity index (χ3n) is 7.69. The molecule has 12 nitrogen and oxygen atoms in total. The highest BCUT2D eigenvalue weighted by atomic mass is 16.6. The Balaban J connectivity index is 1.44. The fourth-order valence-corrected chi connectivity index (χ4v) is 5.61. The summed E-state index contributed by atoms with van der Waals surface area (Å²) >= 11 is 0. The Hall–Kier alpha value is -4.16. The third-order valence-corrected chi connectivity index (χ3v) is 7.69. The van der Waals surface area contributed by atoms with Gasteiger partial charge in [-0.25, -0.2) is 9.59 Å². The first-order valence-corrected chi connectivity index (χ1v) is 13.3. The van der Waals surface area contributed by atoms with E-state index in [4.69, 9.17) is 37.9 Å². The number of likely N-dealkylation sites (N-methyl/N-ethyl adjacent to an activating group) is 1. The molecule has 0 saturated carbocycles. The molecule has 0 spiro atoms. The summed E-state index contributed by atoms with van der Waals surface area (Å²) < 4.78 is 43.6. The van der Waals surface area contributed by atoms with E-state index in [1.54, 1.807) is 18.2 Å². The van der Waals surface area contributed by atoms with Crippen LogP contribution < -0.4 is 28.4 Å². The van der Waals surface area contributed by atoms with Crippen LogP contribution in [0.25, 0.3) is 6.08 Å². The van der Waals surface area contributed by atoms with E-state index < -0.39 is 30.3 Å². The molecular formula is C30H37NO11. The fourth-order valence-electron chi connectivity index (χ4n) is 5.61. The van der Waals surface area contributed by atoms with E-state index in [1.165, 1.54) is 60.9 Å². The van der Waals surface area contributed by atoms with Crippen LogP contribution in [-0.2, 0) is 14.3 Å². The molecule has 0 aromatic heterocycles. The number of methoxy groups -OCH3 is 6. The highest BCUT2D eigenvalue weighted by Crippen LogP contribution is 2.41. The van der Waals surface area contributed by atoms with Gasteiger partial charge in [0.1, 0.15) is 18.3 Å². The summed E-state index contributed by atoms with van der Waals surface area (Å²) in [7, 11) is 10.8. The summed E-state index contributed by atoms with van der Waals surface area (Å²) in [6.45, 7) is 0. The van der Waals surface area contributed by atoms with Crippen LogP contribution >= 0.6 is 0 Å². The lowest BCUT2D eigenvalue weighted by molar-refractivity contribution is -0.146. The van der Waals surface area contributed by atoms with Crippen molar-refractivity contribution in [2.75, 3.05) is 49.7 Å². The Bertz CT molecular complexity index is 1280. The van der Waals surface area contributed by atoms with Crippen LogP contribution in [0.5, 0.6) is 34.5 Å². The number of hydrogen-bond acceptors (Lipinski definition) is 12. The number of aliphatic hydroxyl groups is 1. The van der Waals surface area contributed by atoms with Gasteiger partial charge in [-0.3, -0.25) is 4.90 Å². The summed E-state index contributed by atoms with van der Waals surface area (Å²) in [6, 6.07) is 5.69. The molecule has 0 amide bonds. The highest BCUT2D eigenvalue weighted by molar-refractivity contribution is 5.91. The van der Waals surface area contributed by atoms with Gasteiger partial charge in [0.25, 0.3) is 0 Å². The number of aliphatic hydroxyl groups excluding tert-OH is 1. The van der Waals surface area contributed by atoms with Crippen molar-refractivity contribution in [3.63, 3.8) is 0 Å². The first-order valence-electron chi connectivity index (χ1n) is 13.3. The maximum atomic E-state index is 13.2. The molecule has 2 fully saturated rings. The zero-order valence-corrected chi connectivity index (χ0v) is 24.7. The van der Waals surface area contributed by atoms with Crippen LogP contribution in [0, 0.1) is 0 Å². The number of hydrogen-bond donors (Lipinski definition) is 1. The number of carbonyl (C=O) groups excluding carboxylic acids is 2. The molecule has 2 aliphatic rings. The van der Waals surface area contributed by atoms with Gasteiger partial charge in [0, 0.05) is 25.0 Å². The topological polar surface area (TPSA) is 131 Å². The first-order chi connectivity index (χ1) is 20.2. The van der Waals surface area contributed by atoms with Gasteiger partial charge in [0.05, 0.1) is 54.3 Å². The van der Waals surface area contributed by atoms with Crippen molar-refractivity contribution in [1.82, 2.24) is 4.90 Å². The smallest absolute Gasteiger partial charge is 0.338 e. The van der Waals surface area contributed by atoms with Crippen molar-refractivity contribution in [1.29, 1.82) is 0 Å². The van der Waals surface area contributed by atoms with Gasteiger partial charge < -0.3 is 43.0 Å². The second-order valence-corrected chi connectivity index (χ2v) is 9.90. The number of piperidine rings is 1. The van der Waals surface area contributed by atoms with Crippen molar-refractivity contribution in [2.45, 2.75) is 43.2 Å². The second kappa shape index (κ2) is 13.2. The molecule has 2 aliphatic heterocycles. The van der Waals surface area contributed by atoms with Crippen molar-refractivity contribution in [2.24, 2.45) is 0 Å². The molecule has 2 aromatic carbocycles. The largest absolute Gasteiger partial charge is 0.493 e. The number of benzene rings is 2. The van der Waals surface area contributed by atoms with Gasteiger partial charge >= 0.3 is 11.9 Å². The van der Waals surface area contributed by atoms with Gasteiger partial charge in [-0.1, -0.05) is 0 Å². The molecule has 5 atom stereocenters. The second-order valence-electron chi connectivity index (χ2n) is 9.90. The molecule has 42 heavy (non-hydrogen) atoms. The molecule has 2 aromatic rings. The maximum absolute atomic E-state index is 13.2. The van der Waals surface area contributed by atoms with Gasteiger partial charge in [0.15, 0.2) is 23.0 Å². The summed E-state index contributed by atoms with van der Waals surface area (Å²) in [5, 5.41) is 11.1. The Morgan fingerprint density at radius 1 is 0.762 bits per heavy atom. The molecule has 2 heterocycles. The van der Waals surface area contributed by atoms with E-state index in [2.05, 4.69) is 0 Å². The molecule has 12 heteroatoms. The van der Waals surface area contributed by atoms with Gasteiger partial charge in [-0.2, -0.15) is 0 Å². The molecule has 0 aliphatic carbocycles.